The minimum Gasteiger partial charge on any atom is -0.508 e. The highest BCUT2D eigenvalue weighted by Gasteiger charge is 2.18. The van der Waals surface area contributed by atoms with Crippen molar-refractivity contribution < 1.29 is 15.3 Å². The van der Waals surface area contributed by atoms with Crippen LogP contribution < -0.4 is 16.0 Å². The molecule has 3 saturated heterocycles. The summed E-state index contributed by atoms with van der Waals surface area (Å²) in [5.74, 6) is 1.04. The number of para-hydroxylation sites is 3. The molecule has 2 atom stereocenters. The average molecular weight is 689 g/mol. The first-order chi connectivity index (χ1) is 24.5. The average Bonchev–Trinajstić information content (AvgIpc) is 3.12. The molecule has 3 fully saturated rings. The van der Waals surface area contributed by atoms with Crippen LogP contribution in [0.5, 0.6) is 17.2 Å². The van der Waals surface area contributed by atoms with Crippen molar-refractivity contribution in [3.8, 4) is 17.2 Å². The summed E-state index contributed by atoms with van der Waals surface area (Å²) in [6.07, 6.45) is 0. The Morgan fingerprint density at radius 1 is 0.360 bits per heavy atom. The van der Waals surface area contributed by atoms with Crippen LogP contribution >= 0.6 is 0 Å². The van der Waals surface area contributed by atoms with E-state index in [1.165, 1.54) is 0 Å². The molecule has 2 unspecified atom stereocenters. The fourth-order valence-electron chi connectivity index (χ4n) is 6.77. The number of rotatable bonds is 6. The number of phenols is 3. The summed E-state index contributed by atoms with van der Waals surface area (Å²) < 4.78 is 0. The Kier molecular flexibility index (Phi) is 16.1. The third-order valence-electron chi connectivity index (χ3n) is 9.98. The Hall–Kier alpha value is -3.26. The molecule has 2 bridgehead atoms. The standard InChI is InChI=1S/C39H60N8O3/c48-37-10-4-1-7-34(37)31-45-22-18-42-17-20-43-19-15-40-13-14-41-16-21-44(24-26-45)25-28-47(33-36-9-3-6-12-39(36)50)30-29-46(27-23-43)32-35-8-2-5-11-38(35)49/h1-12,40-42,48-50H,13-33H2. The van der Waals surface area contributed by atoms with E-state index < -0.39 is 0 Å². The van der Waals surface area contributed by atoms with Crippen LogP contribution in [-0.4, -0.2) is 158 Å². The molecular formula is C39H60N8O3. The first kappa shape index (κ1) is 38.0. The molecule has 3 aliphatic heterocycles. The highest BCUT2D eigenvalue weighted by molar-refractivity contribution is 5.33. The number of hydrogen-bond acceptors (Lipinski definition) is 11. The van der Waals surface area contributed by atoms with Crippen LogP contribution in [0.15, 0.2) is 72.8 Å². The fourth-order valence-corrected chi connectivity index (χ4v) is 6.77. The summed E-state index contributed by atoms with van der Waals surface area (Å²) in [6, 6.07) is 23.1. The van der Waals surface area contributed by atoms with E-state index >= 15 is 0 Å². The van der Waals surface area contributed by atoms with Crippen molar-refractivity contribution in [1.29, 1.82) is 0 Å². The van der Waals surface area contributed by atoms with Crippen LogP contribution in [0.1, 0.15) is 16.7 Å². The van der Waals surface area contributed by atoms with E-state index in [4.69, 9.17) is 0 Å². The number of nitrogens with zero attached hydrogens (tertiary/aromatic N) is 5. The van der Waals surface area contributed by atoms with E-state index in [0.29, 0.717) is 36.9 Å². The Bertz CT molecular complexity index is 1400. The third-order valence-corrected chi connectivity index (χ3v) is 9.98. The molecule has 3 heterocycles. The fraction of sp³-hybridized carbons (Fsp3) is 0.538. The smallest absolute Gasteiger partial charge is 0.120 e. The molecule has 0 aliphatic carbocycles. The number of hydrogen-bond donors (Lipinski definition) is 6. The molecule has 0 saturated carbocycles. The number of nitrogens with one attached hydrogen (secondary N) is 3. The van der Waals surface area contributed by atoms with E-state index in [1.807, 2.05) is 54.6 Å². The van der Waals surface area contributed by atoms with Gasteiger partial charge in [-0.25, -0.2) is 0 Å². The molecule has 50 heavy (non-hydrogen) atoms. The lowest BCUT2D eigenvalue weighted by atomic mass is 10.1. The quantitative estimate of drug-likeness (QED) is 0.229. The first-order valence-electron chi connectivity index (χ1n) is 18.6. The van der Waals surface area contributed by atoms with E-state index in [-0.39, 0.29) is 0 Å². The molecule has 0 radical (unpaired) electrons. The Morgan fingerprint density at radius 2 is 0.660 bits per heavy atom. The Morgan fingerprint density at radius 3 is 1.06 bits per heavy atom. The molecule has 11 heteroatoms. The van der Waals surface area contributed by atoms with Gasteiger partial charge in [0.1, 0.15) is 17.2 Å². The highest BCUT2D eigenvalue weighted by Crippen LogP contribution is 2.21. The van der Waals surface area contributed by atoms with Gasteiger partial charge in [-0.15, -0.1) is 0 Å². The van der Waals surface area contributed by atoms with Gasteiger partial charge >= 0.3 is 0 Å². The van der Waals surface area contributed by atoms with Crippen LogP contribution in [0.2, 0.25) is 0 Å². The maximum absolute atomic E-state index is 10.7. The predicted octanol–water partition coefficient (Wildman–Crippen LogP) is 2.01. The molecule has 6 N–H and O–H groups in total. The zero-order valence-electron chi connectivity index (χ0n) is 29.9. The minimum atomic E-state index is 0.339. The summed E-state index contributed by atoms with van der Waals surface area (Å²) in [4.78, 5) is 12.5. The van der Waals surface area contributed by atoms with E-state index in [0.717, 1.165) is 134 Å². The van der Waals surface area contributed by atoms with Gasteiger partial charge in [-0.3, -0.25) is 24.5 Å². The lowest BCUT2D eigenvalue weighted by Crippen LogP contribution is -2.47. The highest BCUT2D eigenvalue weighted by atomic mass is 16.3. The topological polar surface area (TPSA) is 113 Å². The maximum Gasteiger partial charge on any atom is 0.120 e. The maximum atomic E-state index is 10.7. The Balaban J connectivity index is 1.38. The van der Waals surface area contributed by atoms with Crippen molar-refractivity contribution in [2.45, 2.75) is 19.6 Å². The summed E-state index contributed by atoms with van der Waals surface area (Å²) in [6.45, 7) is 18.5. The molecule has 3 aromatic rings. The summed E-state index contributed by atoms with van der Waals surface area (Å²) in [5, 5.41) is 43.0. The molecule has 0 amide bonds. The summed E-state index contributed by atoms with van der Waals surface area (Å²) >= 11 is 0. The molecule has 3 aromatic carbocycles. The molecule has 6 rings (SSSR count). The molecule has 274 valence electrons. The first-order valence-corrected chi connectivity index (χ1v) is 18.6. The number of fused-ring (bicyclic) bond motifs is 21. The molecule has 0 aromatic heterocycles. The third kappa shape index (κ3) is 13.1. The zero-order chi connectivity index (χ0) is 34.8. The van der Waals surface area contributed by atoms with Crippen LogP contribution in [0.25, 0.3) is 0 Å². The zero-order valence-corrected chi connectivity index (χ0v) is 29.9. The van der Waals surface area contributed by atoms with Gasteiger partial charge in [0, 0.05) is 154 Å². The molecule has 0 spiro atoms. The second-order valence-corrected chi connectivity index (χ2v) is 13.6. The number of phenolic OH excluding ortho intramolecular Hbond substituents is 3. The van der Waals surface area contributed by atoms with Crippen molar-refractivity contribution in [2.24, 2.45) is 0 Å². The lowest BCUT2D eigenvalue weighted by Gasteiger charge is -2.33. The second kappa shape index (κ2) is 21.2. The van der Waals surface area contributed by atoms with Crippen LogP contribution in [0, 0.1) is 0 Å². The van der Waals surface area contributed by atoms with Crippen LogP contribution in [-0.2, 0) is 19.6 Å². The van der Waals surface area contributed by atoms with Gasteiger partial charge in [0.2, 0.25) is 0 Å². The van der Waals surface area contributed by atoms with Crippen molar-refractivity contribution >= 4 is 0 Å². The van der Waals surface area contributed by atoms with Gasteiger partial charge < -0.3 is 31.3 Å². The molecule has 11 nitrogen and oxygen atoms in total. The second-order valence-electron chi connectivity index (χ2n) is 13.6. The van der Waals surface area contributed by atoms with Gasteiger partial charge in [-0.2, -0.15) is 0 Å². The summed E-state index contributed by atoms with van der Waals surface area (Å²) in [7, 11) is 0. The largest absolute Gasteiger partial charge is 0.508 e. The van der Waals surface area contributed by atoms with Crippen molar-refractivity contribution in [1.82, 2.24) is 40.4 Å². The van der Waals surface area contributed by atoms with Gasteiger partial charge in [0.25, 0.3) is 0 Å². The van der Waals surface area contributed by atoms with Gasteiger partial charge in [0.05, 0.1) is 0 Å². The SMILES string of the molecule is Oc1ccccc1CN1CCNCCN2CCNCCNCCN(CC1)CCN(Cc1ccccc1O)CCN(Cc1ccccc1O)CC2. The van der Waals surface area contributed by atoms with Gasteiger partial charge in [-0.05, 0) is 18.2 Å². The van der Waals surface area contributed by atoms with E-state index in [1.54, 1.807) is 18.2 Å². The van der Waals surface area contributed by atoms with Gasteiger partial charge in [0.15, 0.2) is 0 Å². The monoisotopic (exact) mass is 688 g/mol. The normalized spacial score (nSPS) is 22.6. The van der Waals surface area contributed by atoms with Gasteiger partial charge in [-0.1, -0.05) is 54.6 Å². The van der Waals surface area contributed by atoms with Crippen LogP contribution in [0.4, 0.5) is 0 Å². The number of benzene rings is 3. The summed E-state index contributed by atoms with van der Waals surface area (Å²) in [5.41, 5.74) is 2.86. The lowest BCUT2D eigenvalue weighted by molar-refractivity contribution is 0.142. The van der Waals surface area contributed by atoms with E-state index in [9.17, 15) is 15.3 Å². The molecule has 3 aliphatic rings. The van der Waals surface area contributed by atoms with Crippen molar-refractivity contribution in [3.63, 3.8) is 0 Å². The minimum absolute atomic E-state index is 0.339. The van der Waals surface area contributed by atoms with Crippen molar-refractivity contribution in [2.75, 3.05) is 118 Å². The predicted molar refractivity (Wildman–Crippen MR) is 202 cm³/mol. The molecular weight excluding hydrogens is 628 g/mol. The van der Waals surface area contributed by atoms with E-state index in [2.05, 4.69) is 40.4 Å². The Labute approximate surface area is 299 Å². The van der Waals surface area contributed by atoms with Crippen LogP contribution in [0.3, 0.4) is 0 Å². The van der Waals surface area contributed by atoms with Crippen molar-refractivity contribution in [3.05, 3.63) is 89.5 Å². The number of aromatic hydroxyl groups is 3.